The molecule has 4 aliphatic rings. The molecule has 6 rings (SSSR count). The number of imide groups is 1. The van der Waals surface area contributed by atoms with Gasteiger partial charge >= 0.3 is 5.97 Å². The molecule has 0 spiro atoms. The van der Waals surface area contributed by atoms with Crippen molar-refractivity contribution in [3.8, 4) is 5.75 Å². The molecule has 2 aliphatic heterocycles. The lowest BCUT2D eigenvalue weighted by Gasteiger charge is -2.28. The molecule has 39 heavy (non-hydrogen) atoms. The molecule has 10 nitrogen and oxygen atoms in total. The summed E-state index contributed by atoms with van der Waals surface area (Å²) in [6, 6.07) is 10.4. The number of amides is 3. The summed E-state index contributed by atoms with van der Waals surface area (Å²) in [5, 5.41) is 10.9. The second kappa shape index (κ2) is 9.51. The quantitative estimate of drug-likeness (QED) is 0.118. The van der Waals surface area contributed by atoms with Gasteiger partial charge in [0.1, 0.15) is 5.75 Å². The third-order valence-corrected chi connectivity index (χ3v) is 11.7. The molecule has 3 amide bonds. The summed E-state index contributed by atoms with van der Waals surface area (Å²) >= 11 is 7.40. The molecule has 4 fully saturated rings. The molecule has 2 saturated carbocycles. The van der Waals surface area contributed by atoms with Gasteiger partial charge in [-0.15, -0.1) is 0 Å². The number of esters is 1. The fourth-order valence-corrected chi connectivity index (χ4v) is 8.47. The van der Waals surface area contributed by atoms with Crippen molar-refractivity contribution in [3.63, 3.8) is 0 Å². The van der Waals surface area contributed by atoms with E-state index in [4.69, 9.17) is 4.74 Å². The minimum atomic E-state index is -0.710. The molecule has 2 heterocycles. The van der Waals surface area contributed by atoms with Crippen molar-refractivity contribution < 1.29 is 28.8 Å². The predicted molar refractivity (Wildman–Crippen MR) is 147 cm³/mol. The van der Waals surface area contributed by atoms with Gasteiger partial charge in [0.05, 0.1) is 28.4 Å². The zero-order valence-electron chi connectivity index (χ0n) is 20.7. The van der Waals surface area contributed by atoms with Crippen molar-refractivity contribution in [1.82, 2.24) is 0 Å². The monoisotopic (exact) mass is 659 g/mol. The number of non-ortho nitro benzene ring substituents is 1. The zero-order chi connectivity index (χ0) is 27.7. The van der Waals surface area contributed by atoms with Gasteiger partial charge in [0, 0.05) is 40.4 Å². The molecule has 0 N–H and O–H groups in total. The van der Waals surface area contributed by atoms with E-state index in [-0.39, 0.29) is 75.4 Å². The van der Waals surface area contributed by atoms with Crippen LogP contribution in [0.25, 0.3) is 0 Å². The van der Waals surface area contributed by atoms with Crippen LogP contribution in [0, 0.1) is 46.6 Å². The predicted octanol–water partition coefficient (Wildman–Crippen LogP) is 4.14. The number of hydrogen-bond donors (Lipinski definition) is 0. The third-order valence-electron chi connectivity index (χ3n) is 8.45. The van der Waals surface area contributed by atoms with E-state index >= 15 is 0 Å². The van der Waals surface area contributed by atoms with Gasteiger partial charge in [-0.05, 0) is 61.1 Å². The van der Waals surface area contributed by atoms with Gasteiger partial charge in [-0.1, -0.05) is 31.9 Å². The maximum Gasteiger partial charge on any atom is 0.316 e. The topological polar surface area (TPSA) is 127 Å². The minimum absolute atomic E-state index is 0.0437. The van der Waals surface area contributed by atoms with E-state index in [1.54, 1.807) is 25.1 Å². The van der Waals surface area contributed by atoms with Crippen LogP contribution in [0.1, 0.15) is 18.4 Å². The number of carbonyl (C=O) groups is 4. The van der Waals surface area contributed by atoms with Crippen LogP contribution in [0.4, 0.5) is 17.1 Å². The van der Waals surface area contributed by atoms with Crippen molar-refractivity contribution >= 4 is 72.6 Å². The molecule has 202 valence electrons. The van der Waals surface area contributed by atoms with Gasteiger partial charge in [-0.3, -0.25) is 29.3 Å². The molecule has 2 aliphatic carbocycles. The molecule has 12 heteroatoms. The molecule has 2 bridgehead atoms. The summed E-state index contributed by atoms with van der Waals surface area (Å²) in [6.45, 7) is 1.85. The van der Waals surface area contributed by atoms with E-state index < -0.39 is 16.8 Å². The highest BCUT2D eigenvalue weighted by Crippen LogP contribution is 2.60. The van der Waals surface area contributed by atoms with Crippen molar-refractivity contribution in [3.05, 3.63) is 58.1 Å². The zero-order valence-corrected chi connectivity index (χ0v) is 23.8. The van der Waals surface area contributed by atoms with Crippen LogP contribution in [0.3, 0.4) is 0 Å². The number of nitro benzene ring substituents is 1. The van der Waals surface area contributed by atoms with Crippen LogP contribution >= 0.6 is 31.9 Å². The van der Waals surface area contributed by atoms with E-state index in [2.05, 4.69) is 31.9 Å². The molecule has 0 aromatic heterocycles. The molecule has 2 aromatic carbocycles. The lowest BCUT2D eigenvalue weighted by Crippen LogP contribution is -2.37. The van der Waals surface area contributed by atoms with Gasteiger partial charge < -0.3 is 9.64 Å². The van der Waals surface area contributed by atoms with Crippen molar-refractivity contribution in [2.75, 3.05) is 16.3 Å². The number of benzene rings is 2. The first-order valence-corrected chi connectivity index (χ1v) is 14.4. The largest absolute Gasteiger partial charge is 0.426 e. The normalized spacial score (nSPS) is 31.3. The van der Waals surface area contributed by atoms with Crippen LogP contribution in [0.2, 0.25) is 0 Å². The fourth-order valence-electron chi connectivity index (χ4n) is 6.60. The Bertz CT molecular complexity index is 1400. The number of rotatable bonds is 5. The van der Waals surface area contributed by atoms with Crippen molar-refractivity contribution in [1.29, 1.82) is 0 Å². The van der Waals surface area contributed by atoms with Crippen LogP contribution in [-0.4, -0.2) is 44.8 Å². The molecule has 2 aromatic rings. The smallest absolute Gasteiger partial charge is 0.316 e. The Morgan fingerprint density at radius 1 is 1.00 bits per heavy atom. The summed E-state index contributed by atoms with van der Waals surface area (Å²) in [4.78, 5) is 65.6. The summed E-state index contributed by atoms with van der Waals surface area (Å²) in [7, 11) is 0. The summed E-state index contributed by atoms with van der Waals surface area (Å²) in [5.41, 5.74) is 1.48. The van der Waals surface area contributed by atoms with E-state index in [9.17, 15) is 29.3 Å². The number of anilines is 2. The number of alkyl halides is 2. The maximum atomic E-state index is 13.4. The van der Waals surface area contributed by atoms with Crippen LogP contribution in [0.5, 0.6) is 5.75 Å². The fraction of sp³-hybridized carbons (Fsp3) is 0.407. The van der Waals surface area contributed by atoms with Crippen LogP contribution < -0.4 is 14.5 Å². The lowest BCUT2D eigenvalue weighted by molar-refractivity contribution is -0.384. The number of hydrogen-bond acceptors (Lipinski definition) is 7. The minimum Gasteiger partial charge on any atom is -0.426 e. The first-order chi connectivity index (χ1) is 18.6. The van der Waals surface area contributed by atoms with Crippen LogP contribution in [0.15, 0.2) is 42.5 Å². The Hall–Kier alpha value is -3.12. The maximum absolute atomic E-state index is 13.4. The standard InChI is InChI=1S/C27H23Br2N3O7/c1-12-8-16(39-27(36)13-9-20(33)30(11-13)14-2-4-15(5-3-14)32(37)38)6-7-19(12)31-25(34)21-17-10-18(22(21)26(31)35)24(29)23(17)28/h2-8,13,17-18,21-24H,9-11H2,1H3/t13-,17-,18-,21-,22+,23-,24+/m1/s1. The van der Waals surface area contributed by atoms with E-state index in [0.717, 1.165) is 6.42 Å². The first kappa shape index (κ1) is 26.1. The molecule has 0 radical (unpaired) electrons. The lowest BCUT2D eigenvalue weighted by atomic mass is 9.81. The number of nitrogens with zero attached hydrogens (tertiary/aromatic N) is 3. The van der Waals surface area contributed by atoms with Gasteiger partial charge in [0.15, 0.2) is 0 Å². The van der Waals surface area contributed by atoms with E-state index in [0.29, 0.717) is 16.9 Å². The number of carbonyl (C=O) groups excluding carboxylic acids is 4. The SMILES string of the molecule is Cc1cc(OC(=O)[C@@H]2CC(=O)N(c3ccc([N+](=O)[O-])cc3)C2)ccc1N1C(=O)[C@@H]2[C@H]3C[C@@H]([C@H](Br)[C@@H]3Br)[C@@H]2C1=O. The van der Waals surface area contributed by atoms with Crippen molar-refractivity contribution in [2.24, 2.45) is 29.6 Å². The second-order valence-corrected chi connectivity index (χ2v) is 12.7. The number of halogens is 2. The van der Waals surface area contributed by atoms with Gasteiger partial charge in [0.25, 0.3) is 5.69 Å². The third kappa shape index (κ3) is 4.10. The molecule has 0 unspecified atom stereocenters. The highest BCUT2D eigenvalue weighted by atomic mass is 79.9. The highest BCUT2D eigenvalue weighted by Gasteiger charge is 2.66. The Morgan fingerprint density at radius 3 is 2.18 bits per heavy atom. The number of fused-ring (bicyclic) bond motifs is 5. The number of aryl methyl sites for hydroxylation is 1. The first-order valence-electron chi connectivity index (χ1n) is 12.6. The van der Waals surface area contributed by atoms with E-state index in [1.165, 1.54) is 34.1 Å². The van der Waals surface area contributed by atoms with Gasteiger partial charge in [0.2, 0.25) is 17.7 Å². The summed E-state index contributed by atoms with van der Waals surface area (Å²) < 4.78 is 5.57. The van der Waals surface area contributed by atoms with Gasteiger partial charge in [-0.2, -0.15) is 0 Å². The average molecular weight is 661 g/mol. The summed E-state index contributed by atoms with van der Waals surface area (Å²) in [5.74, 6) is -2.08. The van der Waals surface area contributed by atoms with Crippen LogP contribution in [-0.2, 0) is 19.2 Å². The van der Waals surface area contributed by atoms with E-state index in [1.807, 2.05) is 0 Å². The molecule has 7 atom stereocenters. The number of nitro groups is 1. The summed E-state index contributed by atoms with van der Waals surface area (Å²) in [6.07, 6.45) is 0.809. The highest BCUT2D eigenvalue weighted by molar-refractivity contribution is 9.12. The Kier molecular flexibility index (Phi) is 6.37. The Balaban J connectivity index is 1.14. The molecular weight excluding hydrogens is 638 g/mol. The Morgan fingerprint density at radius 2 is 1.62 bits per heavy atom. The van der Waals surface area contributed by atoms with Crippen molar-refractivity contribution in [2.45, 2.75) is 29.4 Å². The van der Waals surface area contributed by atoms with Gasteiger partial charge in [-0.25, -0.2) is 4.90 Å². The number of ether oxygens (including phenoxy) is 1. The molecule has 2 saturated heterocycles. The Labute approximate surface area is 240 Å². The average Bonchev–Trinajstić information content (AvgIpc) is 3.62. The molecular formula is C27H23Br2N3O7. The second-order valence-electron chi connectivity index (χ2n) is 10.6.